The Hall–Kier alpha value is -2.56. The summed E-state index contributed by atoms with van der Waals surface area (Å²) >= 11 is 0. The smallest absolute Gasteiger partial charge is 0.408 e. The lowest BCUT2D eigenvalue weighted by Crippen LogP contribution is -2.47. The number of carbonyl (C=O) groups excluding carboxylic acids is 2. The average molecular weight is 445 g/mol. The molecule has 5 nitrogen and oxygen atoms in total. The zero-order valence-electron chi connectivity index (χ0n) is 21.5. The van der Waals surface area contributed by atoms with Crippen LogP contribution in [0.25, 0.3) is 0 Å². The zero-order chi connectivity index (χ0) is 24.7. The molecule has 0 aliphatic rings. The minimum Gasteiger partial charge on any atom is -0.444 e. The van der Waals surface area contributed by atoms with Gasteiger partial charge >= 0.3 is 6.09 Å². The monoisotopic (exact) mass is 444 g/mol. The molecule has 5 heteroatoms. The number of hydrogen-bond acceptors (Lipinski definition) is 3. The molecular formula is C27H44N2O3. The summed E-state index contributed by atoms with van der Waals surface area (Å²) in [5, 5.41) is 2.71. The van der Waals surface area contributed by atoms with E-state index < -0.39 is 17.7 Å². The van der Waals surface area contributed by atoms with Gasteiger partial charge < -0.3 is 15.0 Å². The highest BCUT2D eigenvalue weighted by Crippen LogP contribution is 2.15. The number of likely N-dealkylation sites (N-methyl/N-ethyl adjacent to an activating group) is 1. The molecule has 0 aromatic carbocycles. The van der Waals surface area contributed by atoms with Crippen molar-refractivity contribution in [1.82, 2.24) is 10.2 Å². The first-order valence-corrected chi connectivity index (χ1v) is 11.5. The maximum atomic E-state index is 12.6. The molecular weight excluding hydrogens is 400 g/mol. The molecule has 0 aromatic rings. The van der Waals surface area contributed by atoms with Gasteiger partial charge in [0.15, 0.2) is 0 Å². The Bertz CT molecular complexity index is 734. The van der Waals surface area contributed by atoms with Crippen molar-refractivity contribution in [3.05, 3.63) is 59.8 Å². The van der Waals surface area contributed by atoms with Crippen LogP contribution in [0.4, 0.5) is 4.79 Å². The van der Waals surface area contributed by atoms with Crippen LogP contribution in [0.2, 0.25) is 0 Å². The van der Waals surface area contributed by atoms with Crippen LogP contribution in [0, 0.1) is 0 Å². The summed E-state index contributed by atoms with van der Waals surface area (Å²) in [7, 11) is 3.34. The van der Waals surface area contributed by atoms with Crippen molar-refractivity contribution in [3.8, 4) is 0 Å². The third-order valence-corrected chi connectivity index (χ3v) is 4.49. The lowest BCUT2D eigenvalue weighted by atomic mass is 10.0. The Balaban J connectivity index is 5.14. The predicted octanol–water partition coefficient (Wildman–Crippen LogP) is 6.50. The number of nitrogens with one attached hydrogen (secondary N) is 1. The van der Waals surface area contributed by atoms with E-state index in [2.05, 4.69) is 44.0 Å². The van der Waals surface area contributed by atoms with Gasteiger partial charge in [0.2, 0.25) is 5.91 Å². The van der Waals surface area contributed by atoms with E-state index in [9.17, 15) is 9.59 Å². The van der Waals surface area contributed by atoms with Gasteiger partial charge in [0.1, 0.15) is 11.6 Å². The van der Waals surface area contributed by atoms with E-state index in [1.807, 2.05) is 25.2 Å². The van der Waals surface area contributed by atoms with Crippen molar-refractivity contribution in [1.29, 1.82) is 0 Å². The lowest BCUT2D eigenvalue weighted by Gasteiger charge is -2.25. The van der Waals surface area contributed by atoms with Gasteiger partial charge in [-0.1, -0.05) is 74.4 Å². The zero-order valence-corrected chi connectivity index (χ0v) is 21.5. The molecule has 0 aliphatic carbocycles. The summed E-state index contributed by atoms with van der Waals surface area (Å²) in [6.07, 6.45) is 16.2. The molecule has 2 amide bonds. The predicted molar refractivity (Wildman–Crippen MR) is 136 cm³/mol. The summed E-state index contributed by atoms with van der Waals surface area (Å²) in [6, 6.07) is -0.709. The van der Waals surface area contributed by atoms with Gasteiger partial charge in [-0.15, -0.1) is 0 Å². The maximum absolute atomic E-state index is 12.6. The van der Waals surface area contributed by atoms with Gasteiger partial charge in [-0.05, 0) is 52.5 Å². The van der Waals surface area contributed by atoms with Crippen LogP contribution in [-0.2, 0) is 9.53 Å². The second-order valence-electron chi connectivity index (χ2n) is 9.03. The number of carbonyl (C=O) groups is 2. The van der Waals surface area contributed by atoms with Crippen LogP contribution < -0.4 is 5.32 Å². The SMILES string of the molecule is C=C(/C=C\C(=C/C)C[C@H](NC(=O)OC(C)(C)C)C(=O)N(C)C)C/C=C\C(=C/CC)CCC. The van der Waals surface area contributed by atoms with E-state index in [-0.39, 0.29) is 5.91 Å². The number of amides is 2. The third-order valence-electron chi connectivity index (χ3n) is 4.49. The van der Waals surface area contributed by atoms with Gasteiger partial charge in [-0.2, -0.15) is 0 Å². The summed E-state index contributed by atoms with van der Waals surface area (Å²) < 4.78 is 5.33. The summed E-state index contributed by atoms with van der Waals surface area (Å²) in [6.45, 7) is 15.8. The quantitative estimate of drug-likeness (QED) is 0.350. The highest BCUT2D eigenvalue weighted by atomic mass is 16.6. The number of allylic oxidation sites excluding steroid dienone is 8. The molecule has 1 N–H and O–H groups in total. The number of ether oxygens (including phenoxy) is 1. The molecule has 0 heterocycles. The first kappa shape index (κ1) is 29.4. The van der Waals surface area contributed by atoms with Crippen molar-refractivity contribution >= 4 is 12.0 Å². The fourth-order valence-electron chi connectivity index (χ4n) is 2.94. The Morgan fingerprint density at radius 1 is 1.09 bits per heavy atom. The van der Waals surface area contributed by atoms with Crippen LogP contribution in [0.1, 0.15) is 73.6 Å². The molecule has 0 fully saturated rings. The molecule has 0 aromatic heterocycles. The molecule has 0 saturated carbocycles. The van der Waals surface area contributed by atoms with Gasteiger partial charge in [0, 0.05) is 20.5 Å². The molecule has 0 unspecified atom stereocenters. The maximum Gasteiger partial charge on any atom is 0.408 e. The van der Waals surface area contributed by atoms with Crippen LogP contribution >= 0.6 is 0 Å². The highest BCUT2D eigenvalue weighted by Gasteiger charge is 2.25. The molecule has 0 bridgehead atoms. The fraction of sp³-hybridized carbons (Fsp3) is 0.556. The molecule has 0 aliphatic heterocycles. The fourth-order valence-corrected chi connectivity index (χ4v) is 2.94. The van der Waals surface area contributed by atoms with E-state index in [1.165, 1.54) is 10.5 Å². The van der Waals surface area contributed by atoms with E-state index in [0.717, 1.165) is 36.8 Å². The Morgan fingerprint density at radius 3 is 2.25 bits per heavy atom. The molecule has 0 radical (unpaired) electrons. The van der Waals surface area contributed by atoms with Crippen molar-refractivity contribution in [2.24, 2.45) is 0 Å². The minimum atomic E-state index is -0.709. The van der Waals surface area contributed by atoms with Gasteiger partial charge in [-0.3, -0.25) is 4.79 Å². The minimum absolute atomic E-state index is 0.184. The Kier molecular flexibility index (Phi) is 14.1. The summed E-state index contributed by atoms with van der Waals surface area (Å²) in [4.78, 5) is 26.3. The number of hydrogen-bond donors (Lipinski definition) is 1. The first-order chi connectivity index (χ1) is 14.9. The largest absolute Gasteiger partial charge is 0.444 e. The first-order valence-electron chi connectivity index (χ1n) is 11.5. The molecule has 180 valence electrons. The topological polar surface area (TPSA) is 58.6 Å². The second-order valence-corrected chi connectivity index (χ2v) is 9.03. The Morgan fingerprint density at radius 2 is 1.75 bits per heavy atom. The molecule has 0 rings (SSSR count). The number of alkyl carbamates (subject to hydrolysis) is 1. The molecule has 0 spiro atoms. The standard InChI is InChI=1S/C27H44N2O3/c1-10-14-23(15-11-2)17-13-16-21(4)18-19-22(12-3)20-24(25(30)29(8)9)28-26(31)32-27(5,6)7/h12-14,17-19,24H,4,10-11,15-16,20H2,1-3,5-9H3,(H,28,31)/b17-13-,19-18-,22-12+,23-14-/t24-/m0/s1. The van der Waals surface area contributed by atoms with E-state index in [0.29, 0.717) is 6.42 Å². The van der Waals surface area contributed by atoms with Crippen molar-refractivity contribution in [2.45, 2.75) is 85.3 Å². The molecule has 0 saturated heterocycles. The lowest BCUT2D eigenvalue weighted by molar-refractivity contribution is -0.130. The van der Waals surface area contributed by atoms with Crippen LogP contribution in [-0.4, -0.2) is 42.6 Å². The van der Waals surface area contributed by atoms with Crippen LogP contribution in [0.3, 0.4) is 0 Å². The summed E-state index contributed by atoms with van der Waals surface area (Å²) in [5.74, 6) is -0.184. The van der Waals surface area contributed by atoms with Gasteiger partial charge in [0.05, 0.1) is 0 Å². The second kappa shape index (κ2) is 15.3. The van der Waals surface area contributed by atoms with Crippen LogP contribution in [0.5, 0.6) is 0 Å². The van der Waals surface area contributed by atoms with Gasteiger partial charge in [-0.25, -0.2) is 4.79 Å². The highest BCUT2D eigenvalue weighted by molar-refractivity contribution is 5.85. The molecule has 1 atom stereocenters. The van der Waals surface area contributed by atoms with E-state index in [4.69, 9.17) is 4.74 Å². The normalized spacial score (nSPS) is 14.0. The van der Waals surface area contributed by atoms with Crippen LogP contribution in [0.15, 0.2) is 59.8 Å². The van der Waals surface area contributed by atoms with E-state index >= 15 is 0 Å². The molecule has 32 heavy (non-hydrogen) atoms. The van der Waals surface area contributed by atoms with Crippen molar-refractivity contribution in [3.63, 3.8) is 0 Å². The Labute approximate surface area is 196 Å². The average Bonchev–Trinajstić information content (AvgIpc) is 2.68. The van der Waals surface area contributed by atoms with Crippen molar-refractivity contribution in [2.75, 3.05) is 14.1 Å². The van der Waals surface area contributed by atoms with Crippen molar-refractivity contribution < 1.29 is 14.3 Å². The third kappa shape index (κ3) is 13.7. The van der Waals surface area contributed by atoms with E-state index in [1.54, 1.807) is 34.9 Å². The summed E-state index contributed by atoms with van der Waals surface area (Å²) in [5.41, 5.74) is 2.64. The van der Waals surface area contributed by atoms with Gasteiger partial charge in [0.25, 0.3) is 0 Å². The number of nitrogens with zero attached hydrogens (tertiary/aromatic N) is 1. The number of rotatable bonds is 12.